The van der Waals surface area contributed by atoms with E-state index in [-0.39, 0.29) is 11.7 Å². The summed E-state index contributed by atoms with van der Waals surface area (Å²) in [6.45, 7) is 0. The molecule has 2 heterocycles. The van der Waals surface area contributed by atoms with Crippen LogP contribution in [0.3, 0.4) is 0 Å². The SMILES string of the molecule is O=C(NC1CC1)c1noc(-c2cccs2)n1. The van der Waals surface area contributed by atoms with Crippen LogP contribution in [0.1, 0.15) is 23.5 Å². The monoisotopic (exact) mass is 235 g/mol. The van der Waals surface area contributed by atoms with Crippen molar-refractivity contribution in [3.05, 3.63) is 23.3 Å². The van der Waals surface area contributed by atoms with Crippen LogP contribution in [0.5, 0.6) is 0 Å². The predicted octanol–water partition coefficient (Wildman–Crippen LogP) is 1.69. The van der Waals surface area contributed by atoms with Gasteiger partial charge in [-0.2, -0.15) is 4.98 Å². The van der Waals surface area contributed by atoms with Crippen LogP contribution in [0.2, 0.25) is 0 Å². The lowest BCUT2D eigenvalue weighted by atomic mass is 10.4. The molecule has 0 saturated heterocycles. The van der Waals surface area contributed by atoms with Gasteiger partial charge in [-0.25, -0.2) is 0 Å². The maximum atomic E-state index is 11.6. The Balaban J connectivity index is 1.79. The summed E-state index contributed by atoms with van der Waals surface area (Å²) in [5, 5.41) is 8.39. The van der Waals surface area contributed by atoms with Gasteiger partial charge in [0.15, 0.2) is 0 Å². The van der Waals surface area contributed by atoms with Gasteiger partial charge >= 0.3 is 0 Å². The van der Waals surface area contributed by atoms with E-state index < -0.39 is 0 Å². The van der Waals surface area contributed by atoms with Gasteiger partial charge in [0.05, 0.1) is 4.88 Å². The van der Waals surface area contributed by atoms with E-state index in [1.54, 1.807) is 0 Å². The van der Waals surface area contributed by atoms with Crippen LogP contribution in [0, 0.1) is 0 Å². The molecular formula is C10H9N3O2S. The molecule has 0 unspecified atom stereocenters. The van der Waals surface area contributed by atoms with Crippen molar-refractivity contribution in [1.29, 1.82) is 0 Å². The highest BCUT2D eigenvalue weighted by atomic mass is 32.1. The van der Waals surface area contributed by atoms with Crippen LogP contribution in [0.25, 0.3) is 10.8 Å². The summed E-state index contributed by atoms with van der Waals surface area (Å²) in [5.74, 6) is 0.250. The number of aromatic nitrogens is 2. The van der Waals surface area contributed by atoms with Gasteiger partial charge in [-0.05, 0) is 24.3 Å². The molecule has 1 aliphatic carbocycles. The van der Waals surface area contributed by atoms with Gasteiger partial charge < -0.3 is 9.84 Å². The van der Waals surface area contributed by atoms with E-state index in [1.807, 2.05) is 17.5 Å². The average Bonchev–Trinajstić information content (AvgIpc) is 2.84. The third-order valence-corrected chi connectivity index (χ3v) is 3.13. The molecule has 0 spiro atoms. The van der Waals surface area contributed by atoms with Crippen molar-refractivity contribution in [3.63, 3.8) is 0 Å². The molecule has 0 atom stereocenters. The Morgan fingerprint density at radius 3 is 3.12 bits per heavy atom. The molecule has 3 rings (SSSR count). The van der Waals surface area contributed by atoms with Gasteiger partial charge in [-0.15, -0.1) is 11.3 Å². The smallest absolute Gasteiger partial charge is 0.292 e. The lowest BCUT2D eigenvalue weighted by molar-refractivity contribution is 0.0937. The Labute approximate surface area is 95.5 Å². The second-order valence-electron chi connectivity index (χ2n) is 3.65. The maximum absolute atomic E-state index is 11.6. The van der Waals surface area contributed by atoms with Crippen molar-refractivity contribution in [2.45, 2.75) is 18.9 Å². The predicted molar refractivity (Wildman–Crippen MR) is 58.1 cm³/mol. The highest BCUT2D eigenvalue weighted by molar-refractivity contribution is 7.13. The van der Waals surface area contributed by atoms with Gasteiger partial charge in [0.25, 0.3) is 17.6 Å². The Kier molecular flexibility index (Phi) is 2.21. The van der Waals surface area contributed by atoms with Crippen LogP contribution in [0.15, 0.2) is 22.0 Å². The largest absolute Gasteiger partial charge is 0.346 e. The third-order valence-electron chi connectivity index (χ3n) is 2.27. The lowest BCUT2D eigenvalue weighted by Gasteiger charge is -1.95. The summed E-state index contributed by atoms with van der Waals surface area (Å²) in [4.78, 5) is 16.5. The van der Waals surface area contributed by atoms with Crippen LogP contribution in [-0.4, -0.2) is 22.1 Å². The standard InChI is InChI=1S/C10H9N3O2S/c14-9(11-6-3-4-6)8-12-10(15-13-8)7-2-1-5-16-7/h1-2,5-6H,3-4H2,(H,11,14). The van der Waals surface area contributed by atoms with Crippen LogP contribution < -0.4 is 5.32 Å². The van der Waals surface area contributed by atoms with Crippen molar-refractivity contribution in [2.75, 3.05) is 0 Å². The molecule has 16 heavy (non-hydrogen) atoms. The summed E-state index contributed by atoms with van der Waals surface area (Å²) in [6.07, 6.45) is 2.09. The Morgan fingerprint density at radius 1 is 1.56 bits per heavy atom. The van der Waals surface area contributed by atoms with Crippen LogP contribution in [-0.2, 0) is 0 Å². The second-order valence-corrected chi connectivity index (χ2v) is 4.60. The number of rotatable bonds is 3. The molecule has 0 radical (unpaired) electrons. The normalized spacial score (nSPS) is 15.0. The molecule has 1 saturated carbocycles. The van der Waals surface area contributed by atoms with Crippen LogP contribution in [0.4, 0.5) is 0 Å². The summed E-state index contributed by atoms with van der Waals surface area (Å²) in [6, 6.07) is 4.07. The minimum absolute atomic E-state index is 0.107. The van der Waals surface area contributed by atoms with E-state index in [1.165, 1.54) is 11.3 Å². The molecule has 1 fully saturated rings. The van der Waals surface area contributed by atoms with Crippen molar-refractivity contribution < 1.29 is 9.32 Å². The topological polar surface area (TPSA) is 68.0 Å². The van der Waals surface area contributed by atoms with Crippen molar-refractivity contribution >= 4 is 17.2 Å². The van der Waals surface area contributed by atoms with Crippen molar-refractivity contribution in [3.8, 4) is 10.8 Å². The van der Waals surface area contributed by atoms with Crippen LogP contribution >= 0.6 is 11.3 Å². The van der Waals surface area contributed by atoms with Crippen molar-refractivity contribution in [2.24, 2.45) is 0 Å². The lowest BCUT2D eigenvalue weighted by Crippen LogP contribution is -2.26. The molecule has 6 heteroatoms. The molecule has 5 nitrogen and oxygen atoms in total. The summed E-state index contributed by atoms with van der Waals surface area (Å²) in [7, 11) is 0. The number of hydrogen-bond acceptors (Lipinski definition) is 5. The minimum Gasteiger partial charge on any atom is -0.346 e. The minimum atomic E-state index is -0.256. The number of carbonyl (C=O) groups excluding carboxylic acids is 1. The third kappa shape index (κ3) is 1.83. The Hall–Kier alpha value is -1.69. The quantitative estimate of drug-likeness (QED) is 0.879. The first-order chi connectivity index (χ1) is 7.83. The first-order valence-electron chi connectivity index (χ1n) is 5.01. The summed E-state index contributed by atoms with van der Waals surface area (Å²) < 4.78 is 5.02. The molecule has 0 bridgehead atoms. The van der Waals surface area contributed by atoms with E-state index in [4.69, 9.17) is 4.52 Å². The fraction of sp³-hybridized carbons (Fsp3) is 0.300. The number of nitrogens with zero attached hydrogens (tertiary/aromatic N) is 2. The Morgan fingerprint density at radius 2 is 2.44 bits per heavy atom. The number of hydrogen-bond donors (Lipinski definition) is 1. The molecule has 1 aliphatic rings. The zero-order valence-corrected chi connectivity index (χ0v) is 9.16. The molecule has 82 valence electrons. The Bertz CT molecular complexity index is 502. The summed E-state index contributed by atoms with van der Waals surface area (Å²) in [5.41, 5.74) is 0. The number of carbonyl (C=O) groups is 1. The van der Waals surface area contributed by atoms with E-state index in [0.29, 0.717) is 11.9 Å². The molecule has 2 aromatic rings. The van der Waals surface area contributed by atoms with Gasteiger partial charge in [0.2, 0.25) is 0 Å². The highest BCUT2D eigenvalue weighted by Gasteiger charge is 2.26. The molecular weight excluding hydrogens is 226 g/mol. The number of amides is 1. The zero-order valence-electron chi connectivity index (χ0n) is 8.34. The summed E-state index contributed by atoms with van der Waals surface area (Å²) >= 11 is 1.50. The first kappa shape index (κ1) is 9.53. The maximum Gasteiger partial charge on any atom is 0.292 e. The van der Waals surface area contributed by atoms with Gasteiger partial charge in [-0.1, -0.05) is 11.2 Å². The van der Waals surface area contributed by atoms with E-state index >= 15 is 0 Å². The first-order valence-corrected chi connectivity index (χ1v) is 5.89. The zero-order chi connectivity index (χ0) is 11.0. The molecule has 2 aromatic heterocycles. The number of thiophene rings is 1. The van der Waals surface area contributed by atoms with E-state index in [0.717, 1.165) is 17.7 Å². The molecule has 0 aromatic carbocycles. The van der Waals surface area contributed by atoms with Gasteiger partial charge in [0.1, 0.15) is 0 Å². The fourth-order valence-corrected chi connectivity index (χ4v) is 1.94. The van der Waals surface area contributed by atoms with Crippen molar-refractivity contribution in [1.82, 2.24) is 15.5 Å². The molecule has 1 amide bonds. The average molecular weight is 235 g/mol. The van der Waals surface area contributed by atoms with E-state index in [2.05, 4.69) is 15.5 Å². The fourth-order valence-electron chi connectivity index (χ4n) is 1.29. The highest BCUT2D eigenvalue weighted by Crippen LogP contribution is 2.23. The second kappa shape index (κ2) is 3.71. The van der Waals surface area contributed by atoms with Gasteiger partial charge in [0, 0.05) is 6.04 Å². The molecule has 0 aliphatic heterocycles. The number of nitrogens with one attached hydrogen (secondary N) is 1. The van der Waals surface area contributed by atoms with Gasteiger partial charge in [-0.3, -0.25) is 4.79 Å². The molecule has 1 N–H and O–H groups in total. The van der Waals surface area contributed by atoms with E-state index in [9.17, 15) is 4.79 Å².